The lowest BCUT2D eigenvalue weighted by Gasteiger charge is -2.24. The highest BCUT2D eigenvalue weighted by Gasteiger charge is 2.34. The Balaban J connectivity index is 2.03. The number of rotatable bonds is 6. The molecule has 2 aromatic carbocycles. The summed E-state index contributed by atoms with van der Waals surface area (Å²) in [6, 6.07) is 15.9. The first-order chi connectivity index (χ1) is 13.5. The van der Waals surface area contributed by atoms with Crippen molar-refractivity contribution in [2.75, 3.05) is 6.61 Å². The molecule has 2 aromatic rings. The van der Waals surface area contributed by atoms with E-state index in [0.29, 0.717) is 17.7 Å². The lowest BCUT2D eigenvalue weighted by atomic mass is 9.97. The van der Waals surface area contributed by atoms with Crippen LogP contribution in [-0.4, -0.2) is 28.2 Å². The smallest absolute Gasteiger partial charge is 0.332 e. The quantitative estimate of drug-likeness (QED) is 0.325. The average molecular weight is 379 g/mol. The third kappa shape index (κ3) is 4.09. The van der Waals surface area contributed by atoms with Crippen molar-refractivity contribution in [3.63, 3.8) is 0 Å². The summed E-state index contributed by atoms with van der Waals surface area (Å²) in [5.74, 6) is -0.468. The van der Waals surface area contributed by atoms with E-state index in [1.54, 1.807) is 37.1 Å². The Labute approximate surface area is 163 Å². The van der Waals surface area contributed by atoms with E-state index in [-0.39, 0.29) is 18.3 Å². The van der Waals surface area contributed by atoms with Gasteiger partial charge < -0.3 is 4.74 Å². The zero-order valence-electron chi connectivity index (χ0n) is 15.7. The van der Waals surface area contributed by atoms with Gasteiger partial charge in [-0.05, 0) is 25.5 Å². The molecule has 28 heavy (non-hydrogen) atoms. The van der Waals surface area contributed by atoms with Gasteiger partial charge in [0.25, 0.3) is 5.69 Å². The fraction of sp³-hybridized carbons (Fsp3) is 0.238. The number of para-hydroxylation sites is 1. The topological polar surface area (TPSA) is 85.0 Å². The predicted octanol–water partition coefficient (Wildman–Crippen LogP) is 4.21. The highest BCUT2D eigenvalue weighted by atomic mass is 16.6. The van der Waals surface area contributed by atoms with Gasteiger partial charge in [0.2, 0.25) is 0 Å². The van der Waals surface area contributed by atoms with Crippen molar-refractivity contribution in [1.29, 1.82) is 0 Å². The molecule has 0 unspecified atom stereocenters. The maximum Gasteiger partial charge on any atom is 0.332 e. The number of carbonyl (C=O) groups is 1. The summed E-state index contributed by atoms with van der Waals surface area (Å²) in [4.78, 5) is 23.0. The molecule has 7 heteroatoms. The monoisotopic (exact) mass is 379 g/mol. The molecular weight excluding hydrogens is 358 g/mol. The van der Waals surface area contributed by atoms with Crippen LogP contribution in [0.2, 0.25) is 0 Å². The average Bonchev–Trinajstić information content (AvgIpc) is 3.14. The third-order valence-corrected chi connectivity index (χ3v) is 4.48. The van der Waals surface area contributed by atoms with E-state index < -0.39 is 10.9 Å². The molecule has 0 N–H and O–H groups in total. The molecule has 0 radical (unpaired) electrons. The summed E-state index contributed by atoms with van der Waals surface area (Å²) in [6.07, 6.45) is 1.85. The minimum Gasteiger partial charge on any atom is -0.463 e. The standard InChI is InChI=1S/C21H21N3O4/c1-3-28-21(25)13-15(2)23-20(17-11-7-8-12-19(17)24(26)27)14-18(22-23)16-9-5-4-6-10-16/h4-13,20H,3,14H2,1-2H3/b15-13+/t20-/m0/s1. The molecular formula is C21H21N3O4. The van der Waals surface area contributed by atoms with Gasteiger partial charge in [-0.15, -0.1) is 0 Å². The van der Waals surface area contributed by atoms with E-state index in [1.807, 2.05) is 30.3 Å². The van der Waals surface area contributed by atoms with Crippen LogP contribution in [0.5, 0.6) is 0 Å². The highest BCUT2D eigenvalue weighted by Crippen LogP contribution is 2.39. The Kier molecular flexibility index (Phi) is 5.84. The first kappa shape index (κ1) is 19.3. The first-order valence-corrected chi connectivity index (χ1v) is 9.01. The second kappa shape index (κ2) is 8.47. The van der Waals surface area contributed by atoms with Crippen molar-refractivity contribution in [3.05, 3.63) is 87.6 Å². The lowest BCUT2D eigenvalue weighted by Crippen LogP contribution is -2.19. The SMILES string of the molecule is CCOC(=O)/C=C(\C)N1N=C(c2ccccc2)C[C@H]1c1ccccc1[N+](=O)[O-]. The van der Waals surface area contributed by atoms with E-state index >= 15 is 0 Å². The molecule has 1 atom stereocenters. The molecule has 3 rings (SSSR count). The lowest BCUT2D eigenvalue weighted by molar-refractivity contribution is -0.385. The Bertz CT molecular complexity index is 938. The van der Waals surface area contributed by atoms with Crippen LogP contribution in [0, 0.1) is 10.1 Å². The van der Waals surface area contributed by atoms with E-state index in [2.05, 4.69) is 5.10 Å². The molecule has 0 fully saturated rings. The summed E-state index contributed by atoms with van der Waals surface area (Å²) in [7, 11) is 0. The van der Waals surface area contributed by atoms with Crippen LogP contribution in [0.1, 0.15) is 37.4 Å². The van der Waals surface area contributed by atoms with Crippen molar-refractivity contribution in [3.8, 4) is 0 Å². The van der Waals surface area contributed by atoms with E-state index in [9.17, 15) is 14.9 Å². The molecule has 0 aliphatic carbocycles. The fourth-order valence-electron chi connectivity index (χ4n) is 3.24. The van der Waals surface area contributed by atoms with Crippen molar-refractivity contribution < 1.29 is 14.5 Å². The Morgan fingerprint density at radius 1 is 1.25 bits per heavy atom. The fourth-order valence-corrected chi connectivity index (χ4v) is 3.24. The molecule has 0 bridgehead atoms. The number of esters is 1. The van der Waals surface area contributed by atoms with Crippen LogP contribution >= 0.6 is 0 Å². The minimum atomic E-state index is -0.468. The molecule has 0 amide bonds. The van der Waals surface area contributed by atoms with Gasteiger partial charge in [-0.3, -0.25) is 15.1 Å². The van der Waals surface area contributed by atoms with Crippen LogP contribution in [0.4, 0.5) is 5.69 Å². The number of hydrogen-bond acceptors (Lipinski definition) is 6. The summed E-state index contributed by atoms with van der Waals surface area (Å²) in [5.41, 5.74) is 2.90. The van der Waals surface area contributed by atoms with Crippen molar-refractivity contribution in [2.24, 2.45) is 5.10 Å². The number of hydrogen-bond donors (Lipinski definition) is 0. The molecule has 1 aliphatic heterocycles. The molecule has 7 nitrogen and oxygen atoms in total. The van der Waals surface area contributed by atoms with Gasteiger partial charge in [-0.2, -0.15) is 5.10 Å². The molecule has 0 aromatic heterocycles. The van der Waals surface area contributed by atoms with Crippen LogP contribution in [0.3, 0.4) is 0 Å². The van der Waals surface area contributed by atoms with Gasteiger partial charge >= 0.3 is 5.97 Å². The number of nitro benzene ring substituents is 1. The second-order valence-corrected chi connectivity index (χ2v) is 6.33. The zero-order chi connectivity index (χ0) is 20.1. The van der Waals surface area contributed by atoms with Crippen LogP contribution < -0.4 is 0 Å². The summed E-state index contributed by atoms with van der Waals surface area (Å²) < 4.78 is 4.99. The first-order valence-electron chi connectivity index (χ1n) is 9.01. The van der Waals surface area contributed by atoms with Crippen molar-refractivity contribution in [1.82, 2.24) is 5.01 Å². The number of benzene rings is 2. The number of carbonyl (C=O) groups excluding carboxylic acids is 1. The molecule has 1 aliphatic rings. The van der Waals surface area contributed by atoms with Crippen molar-refractivity contribution in [2.45, 2.75) is 26.3 Å². The largest absolute Gasteiger partial charge is 0.463 e. The van der Waals surface area contributed by atoms with Gasteiger partial charge in [-0.1, -0.05) is 42.5 Å². The molecule has 1 heterocycles. The van der Waals surface area contributed by atoms with E-state index in [1.165, 1.54) is 12.1 Å². The normalized spacial score (nSPS) is 16.6. The molecule has 0 saturated carbocycles. The second-order valence-electron chi connectivity index (χ2n) is 6.33. The maximum atomic E-state index is 11.9. The van der Waals surface area contributed by atoms with Crippen LogP contribution in [-0.2, 0) is 9.53 Å². The number of ether oxygens (including phenoxy) is 1. The Hall–Kier alpha value is -3.48. The van der Waals surface area contributed by atoms with E-state index in [4.69, 9.17) is 4.74 Å². The van der Waals surface area contributed by atoms with Gasteiger partial charge in [0, 0.05) is 24.3 Å². The van der Waals surface area contributed by atoms with Crippen molar-refractivity contribution >= 4 is 17.4 Å². The number of hydrazone groups is 1. The number of nitro groups is 1. The highest BCUT2D eigenvalue weighted by molar-refractivity contribution is 6.02. The Morgan fingerprint density at radius 3 is 2.61 bits per heavy atom. The predicted molar refractivity (Wildman–Crippen MR) is 106 cm³/mol. The number of nitrogens with zero attached hydrogens (tertiary/aromatic N) is 3. The van der Waals surface area contributed by atoms with Gasteiger partial charge in [0.05, 0.1) is 28.8 Å². The van der Waals surface area contributed by atoms with E-state index in [0.717, 1.165) is 11.3 Å². The minimum absolute atomic E-state index is 0.0333. The number of allylic oxidation sites excluding steroid dienone is 1. The molecule has 0 spiro atoms. The van der Waals surface area contributed by atoms with Gasteiger partial charge in [0.15, 0.2) is 0 Å². The van der Waals surface area contributed by atoms with Gasteiger partial charge in [0.1, 0.15) is 0 Å². The Morgan fingerprint density at radius 2 is 1.93 bits per heavy atom. The summed E-state index contributed by atoms with van der Waals surface area (Å²) in [5, 5.41) is 17.9. The summed E-state index contributed by atoms with van der Waals surface area (Å²) in [6.45, 7) is 3.75. The summed E-state index contributed by atoms with van der Waals surface area (Å²) >= 11 is 0. The molecule has 0 saturated heterocycles. The zero-order valence-corrected chi connectivity index (χ0v) is 15.7. The van der Waals surface area contributed by atoms with Gasteiger partial charge in [-0.25, -0.2) is 4.79 Å². The van der Waals surface area contributed by atoms with Crippen LogP contribution in [0.25, 0.3) is 0 Å². The molecule has 144 valence electrons. The third-order valence-electron chi connectivity index (χ3n) is 4.48. The maximum absolute atomic E-state index is 11.9. The van der Waals surface area contributed by atoms with Crippen LogP contribution in [0.15, 0.2) is 71.5 Å².